The summed E-state index contributed by atoms with van der Waals surface area (Å²) in [5.74, 6) is 0.834. The van der Waals surface area contributed by atoms with Crippen LogP contribution < -0.4 is 10.1 Å². The Balaban J connectivity index is 1.91. The van der Waals surface area contributed by atoms with Crippen LogP contribution in [0.5, 0.6) is 5.75 Å². The third-order valence-electron chi connectivity index (χ3n) is 4.75. The van der Waals surface area contributed by atoms with Crippen LogP contribution in [0.25, 0.3) is 21.8 Å². The van der Waals surface area contributed by atoms with Gasteiger partial charge in [0.15, 0.2) is 0 Å². The molecule has 0 spiro atoms. The lowest BCUT2D eigenvalue weighted by Crippen LogP contribution is -2.19. The van der Waals surface area contributed by atoms with Gasteiger partial charge in [0.2, 0.25) is 0 Å². The minimum Gasteiger partial charge on any atom is -0.497 e. The zero-order valence-electron chi connectivity index (χ0n) is 15.7. The summed E-state index contributed by atoms with van der Waals surface area (Å²) in [6.45, 7) is 5.32. The molecule has 1 N–H and O–H groups in total. The molecule has 26 heavy (non-hydrogen) atoms. The number of methoxy groups -OCH3 is 1. The van der Waals surface area contributed by atoms with Gasteiger partial charge in [0.05, 0.1) is 23.8 Å². The van der Waals surface area contributed by atoms with Crippen molar-refractivity contribution in [1.82, 2.24) is 9.88 Å². The fraction of sp³-hybridized carbons (Fsp3) is 0.381. The number of fused-ring (bicyclic) bond motifs is 2. The van der Waals surface area contributed by atoms with Crippen LogP contribution in [0.2, 0.25) is 5.02 Å². The number of benzene rings is 2. The highest BCUT2D eigenvalue weighted by molar-refractivity contribution is 6.31. The highest BCUT2D eigenvalue weighted by Gasteiger charge is 2.10. The van der Waals surface area contributed by atoms with Crippen LogP contribution in [0, 0.1) is 0 Å². The van der Waals surface area contributed by atoms with Gasteiger partial charge in [0, 0.05) is 22.3 Å². The Hall–Kier alpha value is -2.04. The van der Waals surface area contributed by atoms with Gasteiger partial charge in [-0.15, -0.1) is 0 Å². The van der Waals surface area contributed by atoms with Gasteiger partial charge in [-0.05, 0) is 69.4 Å². The Kier molecular flexibility index (Phi) is 6.17. The van der Waals surface area contributed by atoms with Gasteiger partial charge in [-0.2, -0.15) is 0 Å². The van der Waals surface area contributed by atoms with Crippen molar-refractivity contribution in [2.45, 2.75) is 19.8 Å². The molecule has 1 aromatic heterocycles. The zero-order chi connectivity index (χ0) is 18.5. The Morgan fingerprint density at radius 1 is 1.08 bits per heavy atom. The molecule has 3 aromatic rings. The summed E-state index contributed by atoms with van der Waals surface area (Å²) >= 11 is 6.17. The van der Waals surface area contributed by atoms with E-state index in [-0.39, 0.29) is 0 Å². The van der Waals surface area contributed by atoms with Gasteiger partial charge in [-0.3, -0.25) is 0 Å². The van der Waals surface area contributed by atoms with Crippen LogP contribution in [0.1, 0.15) is 19.8 Å². The van der Waals surface area contributed by atoms with Crippen LogP contribution in [0.4, 0.5) is 5.69 Å². The normalized spacial score (nSPS) is 11.4. The monoisotopic (exact) mass is 371 g/mol. The predicted molar refractivity (Wildman–Crippen MR) is 112 cm³/mol. The molecule has 0 aliphatic rings. The van der Waals surface area contributed by atoms with Crippen molar-refractivity contribution in [1.29, 1.82) is 0 Å². The Morgan fingerprint density at radius 2 is 1.92 bits per heavy atom. The van der Waals surface area contributed by atoms with Crippen molar-refractivity contribution < 1.29 is 4.74 Å². The molecule has 138 valence electrons. The first kappa shape index (κ1) is 18.7. The molecule has 0 amide bonds. The van der Waals surface area contributed by atoms with Crippen molar-refractivity contribution in [2.24, 2.45) is 0 Å². The maximum Gasteiger partial charge on any atom is 0.119 e. The lowest BCUT2D eigenvalue weighted by molar-refractivity contribution is 0.345. The molecule has 5 heteroatoms. The van der Waals surface area contributed by atoms with E-state index < -0.39 is 0 Å². The molecular formula is C21H26ClN3O. The van der Waals surface area contributed by atoms with E-state index in [1.165, 1.54) is 6.42 Å². The number of halogens is 1. The first-order valence-electron chi connectivity index (χ1n) is 9.11. The molecule has 0 atom stereocenters. The van der Waals surface area contributed by atoms with Crippen LogP contribution in [-0.4, -0.2) is 43.7 Å². The molecule has 1 heterocycles. The summed E-state index contributed by atoms with van der Waals surface area (Å²) in [6, 6.07) is 11.9. The second-order valence-corrected chi connectivity index (χ2v) is 7.00. The van der Waals surface area contributed by atoms with E-state index in [0.29, 0.717) is 5.02 Å². The molecule has 3 rings (SSSR count). The zero-order valence-corrected chi connectivity index (χ0v) is 16.4. The maximum absolute atomic E-state index is 6.17. The average molecular weight is 372 g/mol. The number of rotatable bonds is 8. The van der Waals surface area contributed by atoms with Gasteiger partial charge >= 0.3 is 0 Å². The Morgan fingerprint density at radius 3 is 2.69 bits per heavy atom. The number of ether oxygens (including phenoxy) is 1. The lowest BCUT2D eigenvalue weighted by atomic mass is 10.1. The number of nitrogens with zero attached hydrogens (tertiary/aromatic N) is 2. The summed E-state index contributed by atoms with van der Waals surface area (Å²) in [5, 5.41) is 6.49. The number of aromatic nitrogens is 1. The summed E-state index contributed by atoms with van der Waals surface area (Å²) in [6.07, 6.45) is 2.29. The van der Waals surface area contributed by atoms with E-state index in [0.717, 1.165) is 59.3 Å². The molecule has 2 aromatic carbocycles. The van der Waals surface area contributed by atoms with Crippen molar-refractivity contribution in [3.63, 3.8) is 0 Å². The minimum atomic E-state index is 0.700. The number of hydrogen-bond donors (Lipinski definition) is 1. The minimum absolute atomic E-state index is 0.700. The van der Waals surface area contributed by atoms with Gasteiger partial charge in [0.1, 0.15) is 5.75 Å². The molecule has 0 saturated heterocycles. The summed E-state index contributed by atoms with van der Waals surface area (Å²) in [7, 11) is 3.85. The summed E-state index contributed by atoms with van der Waals surface area (Å²) in [4.78, 5) is 7.10. The number of nitrogens with one attached hydrogen (secondary N) is 1. The van der Waals surface area contributed by atoms with E-state index in [1.807, 2.05) is 36.4 Å². The van der Waals surface area contributed by atoms with Crippen LogP contribution in [0.15, 0.2) is 36.4 Å². The standard InChI is InChI=1S/C21H26ClN3O/c1-4-25(2)12-6-5-11-23-21-17-9-7-15(22)13-20(17)24-19-10-8-16(26-3)14-18(19)21/h7-10,13-14H,4-6,11-12H2,1-3H3,(H,23,24). The summed E-state index contributed by atoms with van der Waals surface area (Å²) < 4.78 is 5.41. The SMILES string of the molecule is CCN(C)CCCCNc1c2ccc(Cl)cc2nc2ccc(OC)cc12. The predicted octanol–water partition coefficient (Wildman–Crippen LogP) is 5.19. The number of hydrogen-bond acceptors (Lipinski definition) is 4. The highest BCUT2D eigenvalue weighted by Crippen LogP contribution is 2.34. The first-order valence-corrected chi connectivity index (χ1v) is 9.49. The molecule has 0 aliphatic heterocycles. The molecule has 4 nitrogen and oxygen atoms in total. The van der Waals surface area contributed by atoms with Gasteiger partial charge in [0.25, 0.3) is 0 Å². The van der Waals surface area contributed by atoms with Gasteiger partial charge in [-0.1, -0.05) is 18.5 Å². The second kappa shape index (κ2) is 8.56. The number of pyridine rings is 1. The molecular weight excluding hydrogens is 346 g/mol. The quantitative estimate of drug-likeness (QED) is 0.436. The Labute approximate surface area is 160 Å². The van der Waals surface area contributed by atoms with E-state index in [2.05, 4.69) is 24.2 Å². The first-order chi connectivity index (χ1) is 12.6. The smallest absolute Gasteiger partial charge is 0.119 e. The fourth-order valence-corrected chi connectivity index (χ4v) is 3.26. The molecule has 0 unspecified atom stereocenters. The van der Waals surface area contributed by atoms with Crippen LogP contribution >= 0.6 is 11.6 Å². The third kappa shape index (κ3) is 4.19. The maximum atomic E-state index is 6.17. The van der Waals surface area contributed by atoms with E-state index in [1.54, 1.807) is 7.11 Å². The highest BCUT2D eigenvalue weighted by atomic mass is 35.5. The molecule has 0 radical (unpaired) electrons. The van der Waals surface area contributed by atoms with Crippen molar-refractivity contribution in [3.05, 3.63) is 41.4 Å². The van der Waals surface area contributed by atoms with Gasteiger partial charge < -0.3 is 15.0 Å². The topological polar surface area (TPSA) is 37.4 Å². The molecule has 0 aliphatic carbocycles. The van der Waals surface area contributed by atoms with Crippen molar-refractivity contribution in [2.75, 3.05) is 39.1 Å². The fourth-order valence-electron chi connectivity index (χ4n) is 3.09. The number of unbranched alkanes of at least 4 members (excludes halogenated alkanes) is 1. The molecule has 0 saturated carbocycles. The lowest BCUT2D eigenvalue weighted by Gasteiger charge is -2.16. The Bertz CT molecular complexity index is 897. The van der Waals surface area contributed by atoms with Gasteiger partial charge in [-0.25, -0.2) is 4.98 Å². The van der Waals surface area contributed by atoms with Crippen molar-refractivity contribution in [3.8, 4) is 5.75 Å². The molecule has 0 bridgehead atoms. The van der Waals surface area contributed by atoms with E-state index in [4.69, 9.17) is 21.3 Å². The second-order valence-electron chi connectivity index (χ2n) is 6.56. The summed E-state index contributed by atoms with van der Waals surface area (Å²) in [5.41, 5.74) is 2.95. The largest absolute Gasteiger partial charge is 0.497 e. The number of anilines is 1. The average Bonchev–Trinajstić information content (AvgIpc) is 2.66. The van der Waals surface area contributed by atoms with E-state index in [9.17, 15) is 0 Å². The van der Waals surface area contributed by atoms with E-state index >= 15 is 0 Å². The van der Waals surface area contributed by atoms with Crippen LogP contribution in [0.3, 0.4) is 0 Å². The third-order valence-corrected chi connectivity index (χ3v) is 4.99. The van der Waals surface area contributed by atoms with Crippen molar-refractivity contribution >= 4 is 39.1 Å². The van der Waals surface area contributed by atoms with Crippen LogP contribution in [-0.2, 0) is 0 Å². The molecule has 0 fully saturated rings.